The van der Waals surface area contributed by atoms with Gasteiger partial charge in [0.1, 0.15) is 12.2 Å². The first-order chi connectivity index (χ1) is 10.5. The fourth-order valence-corrected chi connectivity index (χ4v) is 1.80. The molecule has 0 heterocycles. The molecule has 7 heteroatoms. The normalized spacial score (nSPS) is 10.0. The number of hydrogen-bond acceptors (Lipinski definition) is 5. The summed E-state index contributed by atoms with van der Waals surface area (Å²) >= 11 is 0. The lowest BCUT2D eigenvalue weighted by molar-refractivity contribution is -0.385. The van der Waals surface area contributed by atoms with E-state index in [1.54, 1.807) is 24.3 Å². The standard InChI is InChI=1S/C15H11NO6/c17-14(18)12-8-11(6-7-13(12)16(20)21)15(19)22-9-10-4-2-1-3-5-10/h1-8H,9H2,(H,17,18). The first-order valence-corrected chi connectivity index (χ1v) is 6.22. The zero-order valence-corrected chi connectivity index (χ0v) is 11.3. The van der Waals surface area contributed by atoms with Crippen molar-refractivity contribution in [2.24, 2.45) is 0 Å². The molecule has 0 aromatic heterocycles. The van der Waals surface area contributed by atoms with Crippen LogP contribution in [0.4, 0.5) is 5.69 Å². The lowest BCUT2D eigenvalue weighted by Gasteiger charge is -2.06. The van der Waals surface area contributed by atoms with E-state index in [0.717, 1.165) is 23.8 Å². The molecule has 22 heavy (non-hydrogen) atoms. The van der Waals surface area contributed by atoms with E-state index in [1.165, 1.54) is 0 Å². The van der Waals surface area contributed by atoms with Crippen LogP contribution in [0.5, 0.6) is 0 Å². The van der Waals surface area contributed by atoms with Crippen LogP contribution in [0.1, 0.15) is 26.3 Å². The topological polar surface area (TPSA) is 107 Å². The Morgan fingerprint density at radius 1 is 1.14 bits per heavy atom. The van der Waals surface area contributed by atoms with Gasteiger partial charge in [-0.3, -0.25) is 10.1 Å². The van der Waals surface area contributed by atoms with Crippen molar-refractivity contribution in [1.82, 2.24) is 0 Å². The van der Waals surface area contributed by atoms with Crippen molar-refractivity contribution in [3.05, 3.63) is 75.3 Å². The lowest BCUT2D eigenvalue weighted by atomic mass is 10.1. The Morgan fingerprint density at radius 3 is 2.41 bits per heavy atom. The maximum atomic E-state index is 11.9. The van der Waals surface area contributed by atoms with Gasteiger partial charge >= 0.3 is 11.9 Å². The molecule has 2 aromatic carbocycles. The molecule has 0 unspecified atom stereocenters. The quantitative estimate of drug-likeness (QED) is 0.517. The Hall–Kier alpha value is -3.22. The Bertz CT molecular complexity index is 726. The summed E-state index contributed by atoms with van der Waals surface area (Å²) < 4.78 is 5.05. The molecule has 0 saturated heterocycles. The van der Waals surface area contributed by atoms with Crippen LogP contribution in [-0.4, -0.2) is 22.0 Å². The Balaban J connectivity index is 2.18. The van der Waals surface area contributed by atoms with Crippen molar-refractivity contribution in [2.45, 2.75) is 6.61 Å². The van der Waals surface area contributed by atoms with Crippen LogP contribution in [0.2, 0.25) is 0 Å². The molecular formula is C15H11NO6. The van der Waals surface area contributed by atoms with Gasteiger partial charge < -0.3 is 9.84 Å². The predicted octanol–water partition coefficient (Wildman–Crippen LogP) is 2.65. The fraction of sp³-hybridized carbons (Fsp3) is 0.0667. The van der Waals surface area contributed by atoms with Gasteiger partial charge in [-0.2, -0.15) is 0 Å². The summed E-state index contributed by atoms with van der Waals surface area (Å²) in [7, 11) is 0. The highest BCUT2D eigenvalue weighted by Crippen LogP contribution is 2.20. The minimum Gasteiger partial charge on any atom is -0.477 e. The third kappa shape index (κ3) is 3.45. The number of ether oxygens (including phenoxy) is 1. The minimum atomic E-state index is -1.48. The molecule has 0 saturated carbocycles. The highest BCUT2D eigenvalue weighted by atomic mass is 16.6. The van der Waals surface area contributed by atoms with Gasteiger partial charge in [-0.1, -0.05) is 30.3 Å². The number of nitro groups is 1. The van der Waals surface area contributed by atoms with Crippen molar-refractivity contribution in [1.29, 1.82) is 0 Å². The summed E-state index contributed by atoms with van der Waals surface area (Å²) in [5, 5.41) is 19.7. The Labute approximate surface area is 124 Å². The summed E-state index contributed by atoms with van der Waals surface area (Å²) in [6.45, 7) is 0.0269. The third-order valence-corrected chi connectivity index (χ3v) is 2.87. The number of hydrogen-bond donors (Lipinski definition) is 1. The van der Waals surface area contributed by atoms with Crippen molar-refractivity contribution in [2.75, 3.05) is 0 Å². The molecule has 0 amide bonds. The summed E-state index contributed by atoms with van der Waals surface area (Å²) in [5.41, 5.74) is -0.415. The molecule has 0 aliphatic rings. The van der Waals surface area contributed by atoms with Gasteiger partial charge in [0, 0.05) is 6.07 Å². The molecule has 0 aliphatic carbocycles. The van der Waals surface area contributed by atoms with E-state index >= 15 is 0 Å². The van der Waals surface area contributed by atoms with Gasteiger partial charge in [0.05, 0.1) is 10.5 Å². The highest BCUT2D eigenvalue weighted by Gasteiger charge is 2.22. The maximum Gasteiger partial charge on any atom is 0.342 e. The molecular weight excluding hydrogens is 290 g/mol. The highest BCUT2D eigenvalue weighted by molar-refractivity contribution is 5.97. The van der Waals surface area contributed by atoms with E-state index in [4.69, 9.17) is 9.84 Å². The van der Waals surface area contributed by atoms with E-state index in [9.17, 15) is 19.7 Å². The zero-order valence-electron chi connectivity index (χ0n) is 11.3. The first-order valence-electron chi connectivity index (χ1n) is 6.22. The largest absolute Gasteiger partial charge is 0.477 e. The van der Waals surface area contributed by atoms with Crippen LogP contribution in [0, 0.1) is 10.1 Å². The first kappa shape index (κ1) is 15.2. The van der Waals surface area contributed by atoms with Gasteiger partial charge in [-0.15, -0.1) is 0 Å². The van der Waals surface area contributed by atoms with Crippen LogP contribution >= 0.6 is 0 Å². The van der Waals surface area contributed by atoms with Gasteiger partial charge in [-0.05, 0) is 17.7 Å². The van der Waals surface area contributed by atoms with Crippen LogP contribution in [0.25, 0.3) is 0 Å². The van der Waals surface area contributed by atoms with Gasteiger partial charge in [0.2, 0.25) is 0 Å². The zero-order chi connectivity index (χ0) is 16.1. The van der Waals surface area contributed by atoms with Crippen LogP contribution < -0.4 is 0 Å². The van der Waals surface area contributed by atoms with Crippen LogP contribution in [0.15, 0.2) is 48.5 Å². The number of benzene rings is 2. The molecule has 2 aromatic rings. The third-order valence-electron chi connectivity index (χ3n) is 2.87. The SMILES string of the molecule is O=C(OCc1ccccc1)c1ccc([N+](=O)[O-])c(C(=O)O)c1. The summed E-state index contributed by atoms with van der Waals surface area (Å²) in [4.78, 5) is 32.8. The monoisotopic (exact) mass is 301 g/mol. The molecule has 7 nitrogen and oxygen atoms in total. The van der Waals surface area contributed by atoms with Crippen LogP contribution in [0.3, 0.4) is 0 Å². The molecule has 0 atom stereocenters. The average molecular weight is 301 g/mol. The molecule has 1 N–H and O–H groups in total. The van der Waals surface area contributed by atoms with Crippen molar-refractivity contribution < 1.29 is 24.4 Å². The summed E-state index contributed by atoms with van der Waals surface area (Å²) in [6.07, 6.45) is 0. The summed E-state index contributed by atoms with van der Waals surface area (Å²) in [5.74, 6) is -2.23. The number of carboxylic acids is 1. The van der Waals surface area contributed by atoms with Crippen LogP contribution in [-0.2, 0) is 11.3 Å². The number of aromatic carboxylic acids is 1. The molecule has 0 spiro atoms. The fourth-order valence-electron chi connectivity index (χ4n) is 1.80. The molecule has 0 fully saturated rings. The summed E-state index contributed by atoms with van der Waals surface area (Å²) in [6, 6.07) is 12.0. The second-order valence-corrected chi connectivity index (χ2v) is 4.36. The van der Waals surface area contributed by atoms with E-state index in [0.29, 0.717) is 0 Å². The maximum absolute atomic E-state index is 11.9. The van der Waals surface area contributed by atoms with Crippen molar-refractivity contribution in [3.8, 4) is 0 Å². The predicted molar refractivity (Wildman–Crippen MR) is 75.6 cm³/mol. The number of rotatable bonds is 5. The number of carboxylic acid groups (broad SMARTS) is 1. The van der Waals surface area contributed by atoms with Gasteiger partial charge in [0.25, 0.3) is 5.69 Å². The van der Waals surface area contributed by atoms with E-state index < -0.39 is 28.1 Å². The number of nitro benzene ring substituents is 1. The molecule has 0 bridgehead atoms. The van der Waals surface area contributed by atoms with E-state index in [-0.39, 0.29) is 12.2 Å². The second-order valence-electron chi connectivity index (χ2n) is 4.36. The Kier molecular flexibility index (Phi) is 4.47. The van der Waals surface area contributed by atoms with E-state index in [1.807, 2.05) is 6.07 Å². The van der Waals surface area contributed by atoms with Crippen molar-refractivity contribution in [3.63, 3.8) is 0 Å². The number of carbonyl (C=O) groups excluding carboxylic acids is 1. The molecule has 112 valence electrons. The number of esters is 1. The number of carbonyl (C=O) groups is 2. The smallest absolute Gasteiger partial charge is 0.342 e. The average Bonchev–Trinajstić information content (AvgIpc) is 2.52. The molecule has 0 aliphatic heterocycles. The van der Waals surface area contributed by atoms with E-state index in [2.05, 4.69) is 0 Å². The lowest BCUT2D eigenvalue weighted by Crippen LogP contribution is -2.09. The minimum absolute atomic E-state index is 0.0269. The van der Waals surface area contributed by atoms with Gasteiger partial charge in [0.15, 0.2) is 0 Å². The molecule has 2 rings (SSSR count). The number of nitrogens with zero attached hydrogens (tertiary/aromatic N) is 1. The Morgan fingerprint density at radius 2 is 1.82 bits per heavy atom. The molecule has 0 radical (unpaired) electrons. The second kappa shape index (κ2) is 6.49. The van der Waals surface area contributed by atoms with Gasteiger partial charge in [-0.25, -0.2) is 9.59 Å². The van der Waals surface area contributed by atoms with Crippen molar-refractivity contribution >= 4 is 17.6 Å².